The summed E-state index contributed by atoms with van der Waals surface area (Å²) in [6, 6.07) is 10.2. The van der Waals surface area contributed by atoms with Crippen molar-refractivity contribution in [3.63, 3.8) is 0 Å². The summed E-state index contributed by atoms with van der Waals surface area (Å²) >= 11 is 5.86. The van der Waals surface area contributed by atoms with E-state index in [4.69, 9.17) is 25.2 Å². The van der Waals surface area contributed by atoms with E-state index in [1.54, 1.807) is 41.3 Å². The Labute approximate surface area is 171 Å². The number of nitrogens with zero attached hydrogens (tertiary/aromatic N) is 3. The second-order valence-corrected chi connectivity index (χ2v) is 7.10. The lowest BCUT2D eigenvalue weighted by Gasteiger charge is -2.30. The molecule has 3 aromatic rings. The van der Waals surface area contributed by atoms with Crippen molar-refractivity contribution in [1.29, 1.82) is 0 Å². The van der Waals surface area contributed by atoms with Crippen LogP contribution in [0.5, 0.6) is 0 Å². The molecule has 0 radical (unpaired) electrons. The number of piperidine rings is 1. The number of ether oxygens (including phenoxy) is 1. The maximum absolute atomic E-state index is 12.5. The molecule has 3 heterocycles. The van der Waals surface area contributed by atoms with Crippen LogP contribution in [0, 0.1) is 5.92 Å². The number of benzene rings is 1. The van der Waals surface area contributed by atoms with E-state index in [2.05, 4.69) is 10.2 Å². The molecular formula is C20H18ClN3O5. The molecular weight excluding hydrogens is 398 g/mol. The molecule has 1 fully saturated rings. The Balaban J connectivity index is 1.26. The molecule has 29 heavy (non-hydrogen) atoms. The molecule has 2 aromatic heterocycles. The number of esters is 1. The molecule has 1 saturated heterocycles. The number of carbonyl (C=O) groups excluding carboxylic acids is 2. The van der Waals surface area contributed by atoms with E-state index in [-0.39, 0.29) is 36.2 Å². The third-order valence-corrected chi connectivity index (χ3v) is 5.00. The molecule has 9 heteroatoms. The Hall–Kier alpha value is -3.13. The van der Waals surface area contributed by atoms with Crippen LogP contribution >= 0.6 is 11.6 Å². The Kier molecular flexibility index (Phi) is 5.62. The van der Waals surface area contributed by atoms with Gasteiger partial charge in [-0.3, -0.25) is 9.59 Å². The first-order valence-corrected chi connectivity index (χ1v) is 9.55. The van der Waals surface area contributed by atoms with Crippen LogP contribution in [0.4, 0.5) is 0 Å². The fourth-order valence-electron chi connectivity index (χ4n) is 3.16. The van der Waals surface area contributed by atoms with Crippen molar-refractivity contribution >= 4 is 23.5 Å². The third-order valence-electron chi connectivity index (χ3n) is 4.74. The number of carbonyl (C=O) groups is 2. The van der Waals surface area contributed by atoms with Gasteiger partial charge < -0.3 is 18.5 Å². The highest BCUT2D eigenvalue weighted by Gasteiger charge is 2.29. The Morgan fingerprint density at radius 2 is 1.90 bits per heavy atom. The van der Waals surface area contributed by atoms with Crippen LogP contribution in [0.2, 0.25) is 5.02 Å². The van der Waals surface area contributed by atoms with Crippen molar-refractivity contribution in [2.45, 2.75) is 19.4 Å². The van der Waals surface area contributed by atoms with Gasteiger partial charge in [-0.25, -0.2) is 0 Å². The van der Waals surface area contributed by atoms with Crippen LogP contribution in [0.3, 0.4) is 0 Å². The fourth-order valence-corrected chi connectivity index (χ4v) is 3.28. The highest BCUT2D eigenvalue weighted by atomic mass is 35.5. The lowest BCUT2D eigenvalue weighted by molar-refractivity contribution is -0.152. The van der Waals surface area contributed by atoms with Gasteiger partial charge in [0.25, 0.3) is 17.7 Å². The van der Waals surface area contributed by atoms with Gasteiger partial charge in [0.15, 0.2) is 12.4 Å². The molecule has 150 valence electrons. The molecule has 1 aromatic carbocycles. The quantitative estimate of drug-likeness (QED) is 0.587. The molecule has 0 saturated carbocycles. The first kappa shape index (κ1) is 19.2. The maximum atomic E-state index is 12.5. The molecule has 1 aliphatic rings. The van der Waals surface area contributed by atoms with Gasteiger partial charge in [-0.05, 0) is 49.2 Å². The summed E-state index contributed by atoms with van der Waals surface area (Å²) in [6.07, 6.45) is 2.59. The highest BCUT2D eigenvalue weighted by Crippen LogP contribution is 2.22. The second-order valence-electron chi connectivity index (χ2n) is 6.66. The van der Waals surface area contributed by atoms with Gasteiger partial charge in [0, 0.05) is 23.7 Å². The van der Waals surface area contributed by atoms with Gasteiger partial charge in [-0.15, -0.1) is 10.2 Å². The van der Waals surface area contributed by atoms with Crippen molar-refractivity contribution in [2.75, 3.05) is 13.1 Å². The summed E-state index contributed by atoms with van der Waals surface area (Å²) in [5.41, 5.74) is 0.583. The standard InChI is InChI=1S/C20H18ClN3O5/c21-15-5-3-13(4-6-15)19(25)24-9-7-14(8-10-24)20(26)28-12-17-22-23-18(29-17)16-2-1-11-27-16/h1-6,11,14H,7-10,12H2. The monoisotopic (exact) mass is 415 g/mol. The van der Waals surface area contributed by atoms with Gasteiger partial charge >= 0.3 is 5.97 Å². The van der Waals surface area contributed by atoms with Crippen LogP contribution in [0.25, 0.3) is 11.7 Å². The zero-order valence-corrected chi connectivity index (χ0v) is 16.2. The van der Waals surface area contributed by atoms with Gasteiger partial charge in [0.2, 0.25) is 0 Å². The van der Waals surface area contributed by atoms with E-state index in [0.717, 1.165) is 0 Å². The Bertz CT molecular complexity index is 976. The minimum Gasteiger partial charge on any atom is -0.459 e. The predicted molar refractivity (Wildman–Crippen MR) is 102 cm³/mol. The maximum Gasteiger partial charge on any atom is 0.309 e. The van der Waals surface area contributed by atoms with Gasteiger partial charge in [0.1, 0.15) is 0 Å². The van der Waals surface area contributed by atoms with E-state index in [0.29, 0.717) is 42.3 Å². The summed E-state index contributed by atoms with van der Waals surface area (Å²) in [7, 11) is 0. The number of rotatable bonds is 5. The number of aromatic nitrogens is 2. The summed E-state index contributed by atoms with van der Waals surface area (Å²) in [5.74, 6) is 0.214. The van der Waals surface area contributed by atoms with E-state index in [1.807, 2.05) is 0 Å². The van der Waals surface area contributed by atoms with E-state index >= 15 is 0 Å². The van der Waals surface area contributed by atoms with E-state index < -0.39 is 0 Å². The van der Waals surface area contributed by atoms with Crippen molar-refractivity contribution in [3.05, 3.63) is 59.1 Å². The minimum absolute atomic E-state index is 0.0650. The van der Waals surface area contributed by atoms with Crippen molar-refractivity contribution < 1.29 is 23.2 Å². The first-order valence-electron chi connectivity index (χ1n) is 9.18. The lowest BCUT2D eigenvalue weighted by atomic mass is 9.96. The minimum atomic E-state index is -0.332. The Morgan fingerprint density at radius 1 is 1.14 bits per heavy atom. The number of furan rings is 1. The fraction of sp³-hybridized carbons (Fsp3) is 0.300. The molecule has 1 aliphatic heterocycles. The topological polar surface area (TPSA) is 98.7 Å². The smallest absolute Gasteiger partial charge is 0.309 e. The first-order chi connectivity index (χ1) is 14.1. The van der Waals surface area contributed by atoms with Gasteiger partial charge in [-0.1, -0.05) is 11.6 Å². The average molecular weight is 416 g/mol. The number of hydrogen-bond acceptors (Lipinski definition) is 7. The van der Waals surface area contributed by atoms with E-state index in [9.17, 15) is 9.59 Å². The van der Waals surface area contributed by atoms with E-state index in [1.165, 1.54) is 6.26 Å². The van der Waals surface area contributed by atoms with Crippen LogP contribution in [-0.2, 0) is 16.1 Å². The van der Waals surface area contributed by atoms with Crippen LogP contribution in [0.15, 0.2) is 51.5 Å². The molecule has 0 atom stereocenters. The average Bonchev–Trinajstić information content (AvgIpc) is 3.44. The summed E-state index contributed by atoms with van der Waals surface area (Å²) in [4.78, 5) is 26.6. The summed E-state index contributed by atoms with van der Waals surface area (Å²) < 4.78 is 15.9. The third kappa shape index (κ3) is 4.48. The predicted octanol–water partition coefficient (Wildman–Crippen LogP) is 3.58. The molecule has 1 amide bonds. The normalized spacial score (nSPS) is 14.7. The van der Waals surface area contributed by atoms with Gasteiger partial charge in [0.05, 0.1) is 12.2 Å². The SMILES string of the molecule is O=C(OCc1nnc(-c2ccco2)o1)C1CCN(C(=O)c2ccc(Cl)cc2)CC1. The Morgan fingerprint density at radius 3 is 2.59 bits per heavy atom. The van der Waals surface area contributed by atoms with Crippen molar-refractivity contribution in [3.8, 4) is 11.7 Å². The van der Waals surface area contributed by atoms with Gasteiger partial charge in [-0.2, -0.15) is 0 Å². The lowest BCUT2D eigenvalue weighted by Crippen LogP contribution is -2.40. The molecule has 8 nitrogen and oxygen atoms in total. The van der Waals surface area contributed by atoms with Crippen LogP contribution in [-0.4, -0.2) is 40.1 Å². The van der Waals surface area contributed by atoms with Crippen molar-refractivity contribution in [2.24, 2.45) is 5.92 Å². The summed E-state index contributed by atoms with van der Waals surface area (Å²) in [5, 5.41) is 8.29. The highest BCUT2D eigenvalue weighted by molar-refractivity contribution is 6.30. The number of hydrogen-bond donors (Lipinski definition) is 0. The van der Waals surface area contributed by atoms with Crippen LogP contribution < -0.4 is 0 Å². The number of halogens is 1. The molecule has 4 rings (SSSR count). The second kappa shape index (κ2) is 8.48. The zero-order valence-electron chi connectivity index (χ0n) is 15.4. The van der Waals surface area contributed by atoms with Crippen molar-refractivity contribution in [1.82, 2.24) is 15.1 Å². The molecule has 0 spiro atoms. The molecule has 0 N–H and O–H groups in total. The number of likely N-dealkylation sites (tertiary alicyclic amines) is 1. The number of amides is 1. The largest absolute Gasteiger partial charge is 0.459 e. The van der Waals surface area contributed by atoms with Crippen LogP contribution in [0.1, 0.15) is 29.1 Å². The molecule has 0 bridgehead atoms. The molecule has 0 unspecified atom stereocenters. The molecule has 0 aliphatic carbocycles. The zero-order chi connectivity index (χ0) is 20.2. The summed E-state index contributed by atoms with van der Waals surface area (Å²) in [6.45, 7) is 0.880.